The van der Waals surface area contributed by atoms with Gasteiger partial charge in [-0.1, -0.05) is 29.8 Å². The number of nitrogens with two attached hydrogens (primary N) is 1. The molecule has 0 saturated carbocycles. The predicted molar refractivity (Wildman–Crippen MR) is 69.7 cm³/mol. The van der Waals surface area contributed by atoms with Gasteiger partial charge < -0.3 is 10.3 Å². The molecule has 0 spiro atoms. The summed E-state index contributed by atoms with van der Waals surface area (Å²) in [5, 5.41) is 0. The maximum absolute atomic E-state index is 6.21. The zero-order valence-corrected chi connectivity index (χ0v) is 10.4. The lowest BCUT2D eigenvalue weighted by Crippen LogP contribution is -2.16. The van der Waals surface area contributed by atoms with Gasteiger partial charge in [-0.05, 0) is 19.4 Å². The first-order valence-electron chi connectivity index (χ1n) is 6.03. The van der Waals surface area contributed by atoms with E-state index in [-0.39, 0.29) is 6.04 Å². The molecule has 0 aliphatic carbocycles. The Hall–Kier alpha value is -1.61. The quantitative estimate of drug-likeness (QED) is 0.875. The fourth-order valence-corrected chi connectivity index (χ4v) is 1.95. The van der Waals surface area contributed by atoms with E-state index in [0.29, 0.717) is 0 Å². The van der Waals surface area contributed by atoms with Gasteiger partial charge in [-0.15, -0.1) is 0 Å². The van der Waals surface area contributed by atoms with Crippen LogP contribution in [0.3, 0.4) is 0 Å². The van der Waals surface area contributed by atoms with Gasteiger partial charge in [-0.3, -0.25) is 0 Å². The van der Waals surface area contributed by atoms with E-state index in [4.69, 9.17) is 5.73 Å². The van der Waals surface area contributed by atoms with Gasteiger partial charge in [-0.25, -0.2) is 4.98 Å². The molecule has 17 heavy (non-hydrogen) atoms. The van der Waals surface area contributed by atoms with Gasteiger partial charge in [0.25, 0.3) is 0 Å². The van der Waals surface area contributed by atoms with Crippen molar-refractivity contribution < 1.29 is 0 Å². The highest BCUT2D eigenvalue weighted by Gasteiger charge is 2.10. The molecule has 0 fully saturated rings. The zero-order valence-electron chi connectivity index (χ0n) is 10.4. The zero-order chi connectivity index (χ0) is 12.3. The molecular formula is C14H19N3. The summed E-state index contributed by atoms with van der Waals surface area (Å²) in [5.41, 5.74) is 8.63. The van der Waals surface area contributed by atoms with Crippen LogP contribution >= 0.6 is 0 Å². The lowest BCUT2D eigenvalue weighted by atomic mass is 10.0. The molecule has 0 bridgehead atoms. The van der Waals surface area contributed by atoms with Crippen LogP contribution in [-0.4, -0.2) is 9.55 Å². The van der Waals surface area contributed by atoms with Crippen molar-refractivity contribution in [3.63, 3.8) is 0 Å². The Bertz CT molecular complexity index is 470. The van der Waals surface area contributed by atoms with Crippen molar-refractivity contribution >= 4 is 0 Å². The largest absolute Gasteiger partial charge is 0.335 e. The average molecular weight is 229 g/mol. The monoisotopic (exact) mass is 229 g/mol. The number of benzene rings is 1. The van der Waals surface area contributed by atoms with Gasteiger partial charge in [0.2, 0.25) is 0 Å². The molecule has 0 saturated heterocycles. The van der Waals surface area contributed by atoms with Crippen molar-refractivity contribution in [2.45, 2.75) is 32.9 Å². The van der Waals surface area contributed by atoms with E-state index < -0.39 is 0 Å². The van der Waals surface area contributed by atoms with Crippen LogP contribution in [0, 0.1) is 6.92 Å². The number of hydrogen-bond acceptors (Lipinski definition) is 2. The Labute approximate surface area is 102 Å². The lowest BCUT2D eigenvalue weighted by molar-refractivity contribution is 0.628. The smallest absolute Gasteiger partial charge is 0.110 e. The van der Waals surface area contributed by atoms with Crippen molar-refractivity contribution in [1.29, 1.82) is 0 Å². The van der Waals surface area contributed by atoms with Crippen molar-refractivity contribution in [2.24, 2.45) is 5.73 Å². The van der Waals surface area contributed by atoms with Crippen LogP contribution in [0.25, 0.3) is 0 Å². The number of rotatable bonds is 4. The van der Waals surface area contributed by atoms with Gasteiger partial charge in [0.05, 0.1) is 0 Å². The predicted octanol–water partition coefficient (Wildman–Crippen LogP) is 2.45. The van der Waals surface area contributed by atoms with E-state index in [1.807, 2.05) is 12.4 Å². The SMILES string of the molecule is CCn1ccnc1CC(N)c1ccc(C)cc1. The summed E-state index contributed by atoms with van der Waals surface area (Å²) < 4.78 is 2.13. The van der Waals surface area contributed by atoms with E-state index in [0.717, 1.165) is 18.8 Å². The summed E-state index contributed by atoms with van der Waals surface area (Å²) in [4.78, 5) is 4.35. The second-order valence-corrected chi connectivity index (χ2v) is 4.35. The molecule has 0 amide bonds. The molecule has 0 aliphatic heterocycles. The lowest BCUT2D eigenvalue weighted by Gasteiger charge is -2.13. The maximum atomic E-state index is 6.21. The van der Waals surface area contributed by atoms with Crippen LogP contribution in [0.4, 0.5) is 0 Å². The summed E-state index contributed by atoms with van der Waals surface area (Å²) >= 11 is 0. The second-order valence-electron chi connectivity index (χ2n) is 4.35. The summed E-state index contributed by atoms with van der Waals surface area (Å²) in [6.45, 7) is 5.14. The highest BCUT2D eigenvalue weighted by molar-refractivity contribution is 5.24. The molecule has 1 atom stereocenters. The third-order valence-electron chi connectivity index (χ3n) is 3.05. The molecule has 1 aromatic carbocycles. The molecule has 0 aliphatic rings. The van der Waals surface area contributed by atoms with E-state index in [2.05, 4.69) is 47.7 Å². The number of aromatic nitrogens is 2. The number of aryl methyl sites for hydroxylation is 2. The van der Waals surface area contributed by atoms with Crippen LogP contribution in [0.2, 0.25) is 0 Å². The van der Waals surface area contributed by atoms with Crippen LogP contribution in [0.5, 0.6) is 0 Å². The highest BCUT2D eigenvalue weighted by Crippen LogP contribution is 2.15. The molecule has 1 heterocycles. The Kier molecular flexibility index (Phi) is 3.59. The molecule has 3 nitrogen and oxygen atoms in total. The fourth-order valence-electron chi connectivity index (χ4n) is 1.95. The standard InChI is InChI=1S/C14H19N3/c1-3-17-9-8-16-14(17)10-13(15)12-6-4-11(2)5-7-12/h4-9,13H,3,10,15H2,1-2H3. The first kappa shape index (κ1) is 11.9. The summed E-state index contributed by atoms with van der Waals surface area (Å²) in [7, 11) is 0. The van der Waals surface area contributed by atoms with Crippen LogP contribution in [-0.2, 0) is 13.0 Å². The van der Waals surface area contributed by atoms with E-state index in [9.17, 15) is 0 Å². The normalized spacial score (nSPS) is 12.6. The Morgan fingerprint density at radius 1 is 1.29 bits per heavy atom. The van der Waals surface area contributed by atoms with E-state index in [1.54, 1.807) is 0 Å². The molecule has 0 radical (unpaired) electrons. The molecule has 1 aromatic heterocycles. The third kappa shape index (κ3) is 2.74. The van der Waals surface area contributed by atoms with Crippen LogP contribution in [0.1, 0.15) is 29.9 Å². The van der Waals surface area contributed by atoms with Crippen molar-refractivity contribution in [3.05, 3.63) is 53.6 Å². The Morgan fingerprint density at radius 3 is 2.65 bits per heavy atom. The first-order chi connectivity index (χ1) is 8.20. The van der Waals surface area contributed by atoms with Crippen molar-refractivity contribution in [2.75, 3.05) is 0 Å². The number of nitrogens with zero attached hydrogens (tertiary/aromatic N) is 2. The summed E-state index contributed by atoms with van der Waals surface area (Å²) in [6, 6.07) is 8.41. The summed E-state index contributed by atoms with van der Waals surface area (Å²) in [5.74, 6) is 1.06. The van der Waals surface area contributed by atoms with Gasteiger partial charge in [0.15, 0.2) is 0 Å². The highest BCUT2D eigenvalue weighted by atomic mass is 15.1. The molecule has 3 heteroatoms. The third-order valence-corrected chi connectivity index (χ3v) is 3.05. The van der Waals surface area contributed by atoms with Gasteiger partial charge in [0.1, 0.15) is 5.82 Å². The molecule has 90 valence electrons. The fraction of sp³-hybridized carbons (Fsp3) is 0.357. The second kappa shape index (κ2) is 5.15. The molecule has 2 rings (SSSR count). The molecular weight excluding hydrogens is 210 g/mol. The molecule has 2 N–H and O–H groups in total. The minimum atomic E-state index is 0.0169. The first-order valence-corrected chi connectivity index (χ1v) is 6.03. The molecule has 1 unspecified atom stereocenters. The topological polar surface area (TPSA) is 43.8 Å². The number of hydrogen-bond donors (Lipinski definition) is 1. The summed E-state index contributed by atoms with van der Waals surface area (Å²) in [6.07, 6.45) is 4.61. The average Bonchev–Trinajstić information content (AvgIpc) is 2.77. The van der Waals surface area contributed by atoms with Gasteiger partial charge >= 0.3 is 0 Å². The Balaban J connectivity index is 2.11. The van der Waals surface area contributed by atoms with Gasteiger partial charge in [-0.2, -0.15) is 0 Å². The number of imidazole rings is 1. The van der Waals surface area contributed by atoms with Crippen molar-refractivity contribution in [3.8, 4) is 0 Å². The van der Waals surface area contributed by atoms with Crippen molar-refractivity contribution in [1.82, 2.24) is 9.55 Å². The Morgan fingerprint density at radius 2 is 2.00 bits per heavy atom. The maximum Gasteiger partial charge on any atom is 0.110 e. The minimum absolute atomic E-state index is 0.0169. The van der Waals surface area contributed by atoms with E-state index in [1.165, 1.54) is 11.1 Å². The van der Waals surface area contributed by atoms with E-state index >= 15 is 0 Å². The van der Waals surface area contributed by atoms with Crippen LogP contribution < -0.4 is 5.73 Å². The van der Waals surface area contributed by atoms with Gasteiger partial charge in [0, 0.05) is 31.4 Å². The van der Waals surface area contributed by atoms with Crippen LogP contribution in [0.15, 0.2) is 36.7 Å². The molecule has 2 aromatic rings. The minimum Gasteiger partial charge on any atom is -0.335 e.